The number of hydrogen-bond donors (Lipinski definition) is 2. The maximum atomic E-state index is 12.2. The first-order valence-electron chi connectivity index (χ1n) is 8.30. The Morgan fingerprint density at radius 3 is 2.31 bits per heavy atom. The van der Waals surface area contributed by atoms with Gasteiger partial charge in [0.2, 0.25) is 0 Å². The molecule has 1 heterocycles. The molecule has 6 heteroatoms. The van der Waals surface area contributed by atoms with Gasteiger partial charge >= 0.3 is 0 Å². The molecule has 0 bridgehead atoms. The highest BCUT2D eigenvalue weighted by Gasteiger charge is 2.08. The molecular weight excluding hydrogens is 326 g/mol. The van der Waals surface area contributed by atoms with E-state index in [-0.39, 0.29) is 11.6 Å². The topological polar surface area (TPSA) is 70.2 Å². The number of anilines is 3. The largest absolute Gasteiger partial charge is 0.378 e. The first-order chi connectivity index (χ1) is 12.6. The minimum absolute atomic E-state index is 0.247. The summed E-state index contributed by atoms with van der Waals surface area (Å²) in [7, 11) is 3.99. The van der Waals surface area contributed by atoms with E-state index in [9.17, 15) is 4.79 Å². The molecule has 1 amide bonds. The first kappa shape index (κ1) is 17.4. The fraction of sp³-hybridized carbons (Fsp3) is 0.150. The molecule has 2 N–H and O–H groups in total. The van der Waals surface area contributed by atoms with Crippen LogP contribution in [0, 0.1) is 0 Å². The lowest BCUT2D eigenvalue weighted by Gasteiger charge is -2.13. The van der Waals surface area contributed by atoms with E-state index < -0.39 is 0 Å². The fourth-order valence-corrected chi connectivity index (χ4v) is 2.37. The van der Waals surface area contributed by atoms with Crippen molar-refractivity contribution in [3.8, 4) is 0 Å². The Balaban J connectivity index is 1.58. The lowest BCUT2D eigenvalue weighted by atomic mass is 10.2. The lowest BCUT2D eigenvalue weighted by Crippen LogP contribution is -2.24. The van der Waals surface area contributed by atoms with E-state index in [0.717, 1.165) is 16.9 Å². The molecule has 0 atom stereocenters. The molecule has 0 fully saturated rings. The number of nitrogens with zero attached hydrogens (tertiary/aromatic N) is 3. The second kappa shape index (κ2) is 8.11. The van der Waals surface area contributed by atoms with E-state index in [2.05, 4.69) is 20.6 Å². The summed E-state index contributed by atoms with van der Waals surface area (Å²) in [5.41, 5.74) is 3.35. The van der Waals surface area contributed by atoms with Crippen LogP contribution in [0.1, 0.15) is 16.1 Å². The molecule has 26 heavy (non-hydrogen) atoms. The SMILES string of the molecule is CN(C)c1ccc(Nc2cnc(C(=O)NCc3ccccc3)cn2)cc1. The average molecular weight is 347 g/mol. The van der Waals surface area contributed by atoms with Crippen LogP contribution in [-0.2, 0) is 6.54 Å². The summed E-state index contributed by atoms with van der Waals surface area (Å²) in [4.78, 5) is 22.6. The summed E-state index contributed by atoms with van der Waals surface area (Å²) in [6.45, 7) is 0.458. The number of benzene rings is 2. The molecule has 0 unspecified atom stereocenters. The standard InChI is InChI=1S/C20H21N5O/c1-25(2)17-10-8-16(9-11-17)24-19-14-21-18(13-22-19)20(26)23-12-15-6-4-3-5-7-15/h3-11,13-14H,12H2,1-2H3,(H,22,24)(H,23,26). The summed E-state index contributed by atoms with van der Waals surface area (Å²) in [6.07, 6.45) is 3.02. The van der Waals surface area contributed by atoms with Gasteiger partial charge in [-0.1, -0.05) is 30.3 Å². The predicted molar refractivity (Wildman–Crippen MR) is 104 cm³/mol. The number of aromatic nitrogens is 2. The maximum absolute atomic E-state index is 12.2. The van der Waals surface area contributed by atoms with Gasteiger partial charge in [0, 0.05) is 32.0 Å². The molecule has 3 rings (SSSR count). The third kappa shape index (κ3) is 4.57. The molecule has 1 aromatic heterocycles. The molecule has 0 aliphatic rings. The highest BCUT2D eigenvalue weighted by atomic mass is 16.1. The Morgan fingerprint density at radius 2 is 1.69 bits per heavy atom. The van der Waals surface area contributed by atoms with Crippen molar-refractivity contribution in [3.05, 3.63) is 78.2 Å². The molecule has 0 aliphatic carbocycles. The van der Waals surface area contributed by atoms with Crippen LogP contribution < -0.4 is 15.5 Å². The first-order valence-corrected chi connectivity index (χ1v) is 8.30. The number of amides is 1. The molecule has 0 aliphatic heterocycles. The summed E-state index contributed by atoms with van der Waals surface area (Å²) < 4.78 is 0. The van der Waals surface area contributed by atoms with Crippen molar-refractivity contribution >= 4 is 23.1 Å². The third-order valence-electron chi connectivity index (χ3n) is 3.84. The highest BCUT2D eigenvalue weighted by Crippen LogP contribution is 2.18. The Hall–Kier alpha value is -3.41. The minimum Gasteiger partial charge on any atom is -0.378 e. The highest BCUT2D eigenvalue weighted by molar-refractivity contribution is 5.92. The molecule has 2 aromatic carbocycles. The van der Waals surface area contributed by atoms with E-state index in [1.54, 1.807) is 6.20 Å². The van der Waals surface area contributed by atoms with Gasteiger partial charge in [-0.25, -0.2) is 9.97 Å². The molecule has 0 spiro atoms. The van der Waals surface area contributed by atoms with Crippen molar-refractivity contribution in [3.63, 3.8) is 0 Å². The van der Waals surface area contributed by atoms with Crippen LogP contribution in [-0.4, -0.2) is 30.0 Å². The van der Waals surface area contributed by atoms with E-state index >= 15 is 0 Å². The van der Waals surface area contributed by atoms with Crippen LogP contribution in [0.5, 0.6) is 0 Å². The molecule has 0 saturated heterocycles. The number of carbonyl (C=O) groups is 1. The van der Waals surface area contributed by atoms with Crippen LogP contribution in [0.4, 0.5) is 17.2 Å². The predicted octanol–water partition coefficient (Wildman–Crippen LogP) is 3.22. The van der Waals surface area contributed by atoms with Gasteiger partial charge in [-0.05, 0) is 29.8 Å². The van der Waals surface area contributed by atoms with Crippen molar-refractivity contribution in [1.29, 1.82) is 0 Å². The normalized spacial score (nSPS) is 10.2. The van der Waals surface area contributed by atoms with Gasteiger partial charge < -0.3 is 15.5 Å². The molecular formula is C20H21N5O. The maximum Gasteiger partial charge on any atom is 0.271 e. The van der Waals surface area contributed by atoms with Gasteiger partial charge in [0.25, 0.3) is 5.91 Å². The smallest absolute Gasteiger partial charge is 0.271 e. The zero-order valence-corrected chi connectivity index (χ0v) is 14.8. The second-order valence-electron chi connectivity index (χ2n) is 6.02. The van der Waals surface area contributed by atoms with E-state index in [1.165, 1.54) is 6.20 Å². The number of hydrogen-bond acceptors (Lipinski definition) is 5. The summed E-state index contributed by atoms with van der Waals surface area (Å²) in [5.74, 6) is 0.338. The van der Waals surface area contributed by atoms with Crippen LogP contribution >= 0.6 is 0 Å². The molecule has 6 nitrogen and oxygen atoms in total. The molecule has 3 aromatic rings. The zero-order chi connectivity index (χ0) is 18.4. The number of rotatable bonds is 6. The van der Waals surface area contributed by atoms with Gasteiger partial charge in [0.15, 0.2) is 0 Å². The monoisotopic (exact) mass is 347 g/mol. The van der Waals surface area contributed by atoms with Gasteiger partial charge in [0.1, 0.15) is 11.5 Å². The van der Waals surface area contributed by atoms with E-state index in [4.69, 9.17) is 0 Å². The Labute approximate surface area is 152 Å². The number of carbonyl (C=O) groups excluding carboxylic acids is 1. The van der Waals surface area contributed by atoms with E-state index in [1.807, 2.05) is 73.6 Å². The summed E-state index contributed by atoms with van der Waals surface area (Å²) in [5, 5.41) is 6.00. The van der Waals surface area contributed by atoms with Crippen LogP contribution in [0.15, 0.2) is 67.0 Å². The van der Waals surface area contributed by atoms with Gasteiger partial charge in [-0.3, -0.25) is 4.79 Å². The Bertz CT molecular complexity index is 846. The minimum atomic E-state index is -0.247. The van der Waals surface area contributed by atoms with Gasteiger partial charge in [-0.15, -0.1) is 0 Å². The van der Waals surface area contributed by atoms with Crippen molar-refractivity contribution in [2.24, 2.45) is 0 Å². The summed E-state index contributed by atoms with van der Waals surface area (Å²) in [6, 6.07) is 17.7. The van der Waals surface area contributed by atoms with Crippen LogP contribution in [0.25, 0.3) is 0 Å². The Morgan fingerprint density at radius 1 is 0.962 bits per heavy atom. The Kier molecular flexibility index (Phi) is 5.43. The molecule has 0 radical (unpaired) electrons. The van der Waals surface area contributed by atoms with Gasteiger partial charge in [0.05, 0.1) is 12.4 Å². The zero-order valence-electron chi connectivity index (χ0n) is 14.8. The molecule has 0 saturated carbocycles. The van der Waals surface area contributed by atoms with Crippen LogP contribution in [0.3, 0.4) is 0 Å². The fourth-order valence-electron chi connectivity index (χ4n) is 2.37. The average Bonchev–Trinajstić information content (AvgIpc) is 2.68. The van der Waals surface area contributed by atoms with Crippen molar-refractivity contribution in [2.45, 2.75) is 6.54 Å². The third-order valence-corrected chi connectivity index (χ3v) is 3.84. The van der Waals surface area contributed by atoms with Crippen molar-refractivity contribution < 1.29 is 4.79 Å². The lowest BCUT2D eigenvalue weighted by molar-refractivity contribution is 0.0945. The molecule has 132 valence electrons. The van der Waals surface area contributed by atoms with Crippen molar-refractivity contribution in [2.75, 3.05) is 24.3 Å². The van der Waals surface area contributed by atoms with Gasteiger partial charge in [-0.2, -0.15) is 0 Å². The number of nitrogens with one attached hydrogen (secondary N) is 2. The second-order valence-corrected chi connectivity index (χ2v) is 6.02. The van der Waals surface area contributed by atoms with Crippen molar-refractivity contribution in [1.82, 2.24) is 15.3 Å². The quantitative estimate of drug-likeness (QED) is 0.716. The van der Waals surface area contributed by atoms with Crippen LogP contribution in [0.2, 0.25) is 0 Å². The van der Waals surface area contributed by atoms with E-state index in [0.29, 0.717) is 12.4 Å². The summed E-state index contributed by atoms with van der Waals surface area (Å²) >= 11 is 0.